The standard InChI is InChI=1S/C32H37ClN4O5S.C30H42ClN3O6S.C26H34ClN3O7/c1-37(14-17-41-32(38)35-13-16-40-19-18-39-15-7-3-2-6-12-33)26-11-10-24-20-27(43-30(24)22-26)21-25(23-34)31-36-28-8-4-5-9-29(28)42-31;1-30(2,3)40-28(35)24(22-32)20-26-19-23-9-10-25(21-27(23)41-26)34(4)13-16-39-29(36)33-12-15-38-18-17-37-14-8-6-5-7-11-31;1-30(22-7-6-20-16-23(37-24(20)18-22)17-21(19-28)25(31)32)10-13-36-26(33)29-9-12-35-15-14-34-11-5-3-2-4-8-27/h4-5,8-11,20-22H,2-3,6-7,12-19H2,1H3,(H,35,38);9-10,19-21H,5-8,11-18H2,1-4H3,(H,33,36);6-7,16-18H,2-5,8-15H2,1H3,(H,29,33)(H,31,32)/b25-21+;24-20+;21-17+. The number of carbonyl (C=O) groups excluding carboxylic acids is 4. The maximum Gasteiger partial charge on any atom is 0.407 e. The second-order valence-corrected chi connectivity index (χ2v) is 31.7. The van der Waals surface area contributed by atoms with Crippen molar-refractivity contribution in [3.05, 3.63) is 130 Å². The summed E-state index contributed by atoms with van der Waals surface area (Å²) in [5, 5.41) is 47.9. The zero-order valence-electron chi connectivity index (χ0n) is 69.9. The second-order valence-electron chi connectivity index (χ2n) is 28.4. The van der Waals surface area contributed by atoms with Crippen molar-refractivity contribution >= 4 is 171 Å². The predicted molar refractivity (Wildman–Crippen MR) is 478 cm³/mol. The number of rotatable bonds is 54. The monoisotopic (exact) mass is 1770 g/mol. The zero-order valence-corrected chi connectivity index (χ0v) is 73.8. The molecule has 3 amide bonds. The van der Waals surface area contributed by atoms with Gasteiger partial charge in [0.05, 0.1) is 79.1 Å². The number of benzene rings is 4. The molecule has 0 saturated heterocycles. The number of oxazole rings is 1. The Morgan fingerprint density at radius 1 is 0.463 bits per heavy atom. The summed E-state index contributed by atoms with van der Waals surface area (Å²) in [5.74, 6) is 0.778. The van der Waals surface area contributed by atoms with Crippen LogP contribution in [0.3, 0.4) is 0 Å². The Labute approximate surface area is 731 Å². The first-order valence-corrected chi connectivity index (χ1v) is 43.7. The number of hydrogen-bond acceptors (Lipinski definition) is 26. The maximum atomic E-state index is 12.3. The summed E-state index contributed by atoms with van der Waals surface area (Å²) in [6.45, 7) is 14.9. The number of amides is 3. The van der Waals surface area contributed by atoms with E-state index >= 15 is 0 Å². The molecule has 0 bridgehead atoms. The Kier molecular flexibility index (Phi) is 48.2. The van der Waals surface area contributed by atoms with Gasteiger partial charge in [-0.25, -0.2) is 29.0 Å². The summed E-state index contributed by atoms with van der Waals surface area (Å²) in [7, 11) is 5.72. The molecule has 8 rings (SSSR count). The number of ether oxygens (including phenoxy) is 10. The largest absolute Gasteiger partial charge is 0.477 e. The van der Waals surface area contributed by atoms with E-state index in [4.69, 9.17) is 101 Å². The Morgan fingerprint density at radius 2 is 0.876 bits per heavy atom. The lowest BCUT2D eigenvalue weighted by Gasteiger charge is -2.19. The molecule has 33 heteroatoms. The molecule has 0 spiro atoms. The van der Waals surface area contributed by atoms with Gasteiger partial charge in [0.25, 0.3) is 0 Å². The van der Waals surface area contributed by atoms with Crippen LogP contribution in [0.1, 0.15) is 119 Å². The van der Waals surface area contributed by atoms with Gasteiger partial charge in [-0.05, 0) is 149 Å². The van der Waals surface area contributed by atoms with Gasteiger partial charge in [0, 0.05) is 132 Å². The summed E-state index contributed by atoms with van der Waals surface area (Å²) in [5.41, 5.74) is 3.94. The number of aliphatic carboxylic acids is 1. The lowest BCUT2D eigenvalue weighted by Crippen LogP contribution is -2.31. The Morgan fingerprint density at radius 3 is 1.29 bits per heavy atom. The lowest BCUT2D eigenvalue weighted by atomic mass is 10.1. The van der Waals surface area contributed by atoms with E-state index in [1.807, 2.05) is 121 Å². The molecule has 0 atom stereocenters. The van der Waals surface area contributed by atoms with Crippen molar-refractivity contribution in [2.75, 3.05) is 192 Å². The normalized spacial score (nSPS) is 11.6. The van der Waals surface area contributed by atoms with Crippen molar-refractivity contribution in [1.82, 2.24) is 20.9 Å². The first-order chi connectivity index (χ1) is 58.6. The predicted octanol–water partition coefficient (Wildman–Crippen LogP) is 17.7. The van der Waals surface area contributed by atoms with Crippen LogP contribution in [0.15, 0.2) is 117 Å². The number of halogens is 3. The number of anilines is 3. The van der Waals surface area contributed by atoms with Crippen LogP contribution in [0, 0.1) is 34.0 Å². The van der Waals surface area contributed by atoms with E-state index in [-0.39, 0.29) is 31.2 Å². The first kappa shape index (κ1) is 100. The van der Waals surface area contributed by atoms with Crippen LogP contribution in [0.25, 0.3) is 66.0 Å². The summed E-state index contributed by atoms with van der Waals surface area (Å²) in [6.07, 6.45) is 16.1. The number of para-hydroxylation sites is 2. The smallest absolute Gasteiger partial charge is 0.407 e. The highest BCUT2D eigenvalue weighted by Gasteiger charge is 2.21. The Bertz CT molecular complexity index is 4640. The molecule has 0 unspecified atom stereocenters. The van der Waals surface area contributed by atoms with E-state index in [0.29, 0.717) is 140 Å². The van der Waals surface area contributed by atoms with E-state index in [0.717, 1.165) is 154 Å². The topological polar surface area (TPSA) is 354 Å². The summed E-state index contributed by atoms with van der Waals surface area (Å²) < 4.78 is 67.5. The number of carbonyl (C=O) groups is 5. The highest BCUT2D eigenvalue weighted by Crippen LogP contribution is 2.34. The van der Waals surface area contributed by atoms with Gasteiger partial charge < -0.3 is 92.0 Å². The molecule has 4 aromatic carbocycles. The lowest BCUT2D eigenvalue weighted by molar-refractivity contribution is -0.149. The third-order valence-corrected chi connectivity index (χ3v) is 20.5. The van der Waals surface area contributed by atoms with E-state index in [9.17, 15) is 34.5 Å². The van der Waals surface area contributed by atoms with Gasteiger partial charge in [-0.1, -0.05) is 62.8 Å². The summed E-state index contributed by atoms with van der Waals surface area (Å²) >= 11 is 20.0. The summed E-state index contributed by atoms with van der Waals surface area (Å²) in [6, 6.07) is 36.5. The highest BCUT2D eigenvalue weighted by molar-refractivity contribution is 7.20. The van der Waals surface area contributed by atoms with Crippen LogP contribution in [0.5, 0.6) is 0 Å². The molecule has 0 aliphatic heterocycles. The fourth-order valence-electron chi connectivity index (χ4n) is 11.2. The van der Waals surface area contributed by atoms with Crippen molar-refractivity contribution < 1.29 is 85.3 Å². The molecular formula is C88H113Cl3N10O18S2. The third kappa shape index (κ3) is 40.2. The third-order valence-electron chi connectivity index (χ3n) is 17.6. The average Bonchev–Trinajstić information content (AvgIpc) is 1.68. The molecule has 121 heavy (non-hydrogen) atoms. The number of alkyl halides is 3. The van der Waals surface area contributed by atoms with Crippen molar-refractivity contribution in [3.63, 3.8) is 0 Å². The van der Waals surface area contributed by atoms with Gasteiger partial charge in [-0.2, -0.15) is 15.8 Å². The van der Waals surface area contributed by atoms with Crippen LogP contribution in [0.4, 0.5) is 31.4 Å². The number of aromatic nitrogens is 1. The van der Waals surface area contributed by atoms with E-state index in [2.05, 4.69) is 33.1 Å². The average molecular weight is 1770 g/mol. The molecule has 0 fully saturated rings. The van der Waals surface area contributed by atoms with Crippen molar-refractivity contribution in [2.24, 2.45) is 0 Å². The molecule has 28 nitrogen and oxygen atoms in total. The number of alkyl carbamates (subject to hydrolysis) is 3. The number of hydrogen-bond donors (Lipinski definition) is 4. The first-order valence-electron chi connectivity index (χ1n) is 40.4. The Balaban J connectivity index is 0.000000282. The van der Waals surface area contributed by atoms with Crippen LogP contribution >= 0.6 is 57.5 Å². The second kappa shape index (κ2) is 58.3. The molecule has 656 valence electrons. The van der Waals surface area contributed by atoms with Crippen LogP contribution in [-0.4, -0.2) is 223 Å². The SMILES string of the molecule is CN(CCOC(=O)NCCOCCOCCCCCCCl)c1ccc2cc(/C=C(\C#N)C(=O)O)oc2c1.CN(CCOC(=O)NCCOCCOCCCCCCCl)c1ccc2cc(/C=C(\C#N)C(=O)OC(C)(C)C)sc2c1.CN(CCOC(=O)NCCOCCOCCCCCCCl)c1ccc2cc(/C=C(\C#N)c3nc4ccccc4o3)sc2c1. The number of nitrogens with one attached hydrogen (secondary N) is 3. The fraction of sp³-hybridized carbons (Fsp3) is 0.489. The number of furan rings is 1. The van der Waals surface area contributed by atoms with Crippen LogP contribution < -0.4 is 30.7 Å². The van der Waals surface area contributed by atoms with E-state index in [1.165, 1.54) is 17.4 Å². The minimum Gasteiger partial charge on any atom is -0.477 e. The van der Waals surface area contributed by atoms with Gasteiger partial charge in [-0.15, -0.1) is 57.5 Å². The van der Waals surface area contributed by atoms with Gasteiger partial charge in [0.15, 0.2) is 5.58 Å². The van der Waals surface area contributed by atoms with Crippen molar-refractivity contribution in [3.8, 4) is 18.2 Å². The minimum absolute atomic E-state index is 0.0417. The fourth-order valence-corrected chi connectivity index (χ4v) is 13.8. The zero-order chi connectivity index (χ0) is 87.3. The molecule has 0 aliphatic carbocycles. The molecule has 4 aromatic heterocycles. The number of carboxylic acids is 1. The number of nitrogens with zero attached hydrogens (tertiary/aromatic N) is 7. The van der Waals surface area contributed by atoms with E-state index in [1.54, 1.807) is 62.5 Å². The number of allylic oxidation sites excluding steroid dienone is 1. The molecular weight excluding hydrogens is 1660 g/mol. The Hall–Kier alpha value is -9.72. The van der Waals surface area contributed by atoms with Gasteiger partial charge >= 0.3 is 30.2 Å². The number of esters is 1. The van der Waals surface area contributed by atoms with Crippen LogP contribution in [-0.2, 0) is 57.0 Å². The number of nitriles is 3. The quantitative estimate of drug-likeness (QED) is 0.00687. The molecule has 0 radical (unpaired) electrons. The van der Waals surface area contributed by atoms with E-state index < -0.39 is 41.4 Å². The molecule has 4 N–H and O–H groups in total. The number of unbranched alkanes of at least 4 members (excludes halogenated alkanes) is 9. The summed E-state index contributed by atoms with van der Waals surface area (Å²) in [4.78, 5) is 71.2. The molecule has 0 aliphatic rings. The molecule has 8 aromatic rings. The number of fused-ring (bicyclic) bond motifs is 4. The van der Waals surface area contributed by atoms with Crippen LogP contribution in [0.2, 0.25) is 0 Å². The highest BCUT2D eigenvalue weighted by atomic mass is 35.5. The van der Waals surface area contributed by atoms with Gasteiger partial charge in [0.1, 0.15) is 77.2 Å². The van der Waals surface area contributed by atoms with Crippen molar-refractivity contribution in [1.29, 1.82) is 15.8 Å². The molecule has 0 saturated carbocycles. The number of thiophene rings is 2. The van der Waals surface area contributed by atoms with Gasteiger partial charge in [-0.3, -0.25) is 0 Å². The minimum atomic E-state index is -1.31. The van der Waals surface area contributed by atoms with Gasteiger partial charge in [0.2, 0.25) is 5.89 Å². The van der Waals surface area contributed by atoms with Crippen molar-refractivity contribution in [2.45, 2.75) is 103 Å². The number of carboxylic acid groups (broad SMARTS) is 1. The molecule has 4 heterocycles. The maximum absolute atomic E-state index is 12.3. The number of likely N-dealkylation sites (N-methyl/N-ethyl adjacent to an activating group) is 3.